The summed E-state index contributed by atoms with van der Waals surface area (Å²) < 4.78 is 4.93. The third kappa shape index (κ3) is 2.65. The molecule has 0 amide bonds. The number of benzene rings is 2. The lowest BCUT2D eigenvalue weighted by molar-refractivity contribution is 0.0549. The van der Waals surface area contributed by atoms with Crippen molar-refractivity contribution in [1.29, 1.82) is 0 Å². The first-order valence-corrected chi connectivity index (χ1v) is 6.16. The monoisotopic (exact) mass is 290 g/mol. The van der Waals surface area contributed by atoms with E-state index in [1.165, 1.54) is 12.1 Å². The predicted molar refractivity (Wildman–Crippen MR) is 76.4 cm³/mol. The molecule has 0 spiro atoms. The molecule has 0 aliphatic heterocycles. The molecule has 0 heterocycles. The molecule has 0 radical (unpaired) electrons. The molecule has 2 rings (SSSR count). The van der Waals surface area contributed by atoms with Gasteiger partial charge in [-0.25, -0.2) is 9.59 Å². The highest BCUT2D eigenvalue weighted by Gasteiger charge is 2.13. The number of fused-ring (bicyclic) bond motifs is 1. The summed E-state index contributed by atoms with van der Waals surface area (Å²) in [4.78, 5) is 22.7. The second kappa shape index (κ2) is 5.75. The maximum Gasteiger partial charge on any atom is 0.338 e. The molecule has 0 saturated heterocycles. The van der Waals surface area contributed by atoms with Crippen LogP contribution in [-0.2, 0) is 4.74 Å². The molecule has 5 heteroatoms. The van der Waals surface area contributed by atoms with Gasteiger partial charge in [-0.05, 0) is 23.6 Å². The van der Waals surface area contributed by atoms with Crippen LogP contribution in [-0.4, -0.2) is 23.7 Å². The average Bonchev–Trinajstić information content (AvgIpc) is 2.44. The molecule has 0 fully saturated rings. The Labute approximate surface area is 120 Å². The topological polar surface area (TPSA) is 63.6 Å². The minimum absolute atomic E-state index is 0.0288. The summed E-state index contributed by atoms with van der Waals surface area (Å²) in [6, 6.07) is 7.78. The van der Waals surface area contributed by atoms with Crippen molar-refractivity contribution in [2.24, 2.45) is 0 Å². The summed E-state index contributed by atoms with van der Waals surface area (Å²) in [5.74, 6) is -1.56. The third-order valence-electron chi connectivity index (χ3n) is 2.75. The number of halogens is 1. The summed E-state index contributed by atoms with van der Waals surface area (Å²) in [6.07, 6.45) is 1.48. The average molecular weight is 291 g/mol. The van der Waals surface area contributed by atoms with E-state index in [0.717, 1.165) is 0 Å². The fraction of sp³-hybridized carbons (Fsp3) is 0.0667. The fourth-order valence-corrected chi connectivity index (χ4v) is 2.12. The van der Waals surface area contributed by atoms with Crippen LogP contribution in [0.3, 0.4) is 0 Å². The number of ether oxygens (including phenoxy) is 1. The van der Waals surface area contributed by atoms with Gasteiger partial charge in [-0.3, -0.25) is 0 Å². The van der Waals surface area contributed by atoms with Gasteiger partial charge in [0.2, 0.25) is 0 Å². The van der Waals surface area contributed by atoms with Crippen LogP contribution in [0.15, 0.2) is 43.0 Å². The Morgan fingerprint density at radius 2 is 2.05 bits per heavy atom. The number of carboxylic acid groups (broad SMARTS) is 1. The molecule has 0 aliphatic carbocycles. The molecule has 0 atom stereocenters. The first-order valence-electron chi connectivity index (χ1n) is 5.78. The van der Waals surface area contributed by atoms with E-state index in [1.807, 2.05) is 0 Å². The van der Waals surface area contributed by atoms with Crippen molar-refractivity contribution >= 4 is 34.3 Å². The van der Waals surface area contributed by atoms with E-state index < -0.39 is 11.9 Å². The Morgan fingerprint density at radius 1 is 1.30 bits per heavy atom. The number of carbonyl (C=O) groups is 2. The number of aromatic carboxylic acids is 1. The number of rotatable bonds is 4. The summed E-state index contributed by atoms with van der Waals surface area (Å²) in [6.45, 7) is 3.60. The zero-order valence-electron chi connectivity index (χ0n) is 10.4. The Kier molecular flexibility index (Phi) is 4.05. The second-order valence-electron chi connectivity index (χ2n) is 4.06. The highest BCUT2D eigenvalue weighted by Crippen LogP contribution is 2.28. The van der Waals surface area contributed by atoms with Crippen molar-refractivity contribution in [3.05, 3.63) is 59.1 Å². The molecule has 0 bridgehead atoms. The first kappa shape index (κ1) is 14.1. The van der Waals surface area contributed by atoms with Crippen LogP contribution in [0, 0.1) is 0 Å². The van der Waals surface area contributed by atoms with Crippen molar-refractivity contribution in [2.75, 3.05) is 6.61 Å². The largest absolute Gasteiger partial charge is 0.478 e. The second-order valence-corrected chi connectivity index (χ2v) is 4.43. The van der Waals surface area contributed by atoms with Crippen molar-refractivity contribution in [2.45, 2.75) is 0 Å². The van der Waals surface area contributed by atoms with E-state index >= 15 is 0 Å². The standard InChI is InChI=1S/C15H11ClO4/c1-2-7-20-15(19)10-4-5-11-9(8-10)3-6-12(13(11)16)14(17)18/h2-6,8H,1,7H2,(H,17,18). The lowest BCUT2D eigenvalue weighted by Gasteiger charge is -2.07. The molecule has 1 N–H and O–H groups in total. The minimum atomic E-state index is -1.09. The number of carboxylic acids is 1. The normalized spacial score (nSPS) is 10.2. The molecule has 0 saturated carbocycles. The van der Waals surface area contributed by atoms with Gasteiger partial charge in [0.05, 0.1) is 16.1 Å². The Morgan fingerprint density at radius 3 is 2.70 bits per heavy atom. The maximum absolute atomic E-state index is 11.7. The van der Waals surface area contributed by atoms with Crippen LogP contribution >= 0.6 is 11.6 Å². The number of hydrogen-bond acceptors (Lipinski definition) is 3. The fourth-order valence-electron chi connectivity index (χ4n) is 1.80. The van der Waals surface area contributed by atoms with Gasteiger partial charge in [-0.15, -0.1) is 0 Å². The van der Waals surface area contributed by atoms with Gasteiger partial charge in [0.25, 0.3) is 0 Å². The molecule has 4 nitrogen and oxygen atoms in total. The van der Waals surface area contributed by atoms with Gasteiger partial charge in [0.15, 0.2) is 0 Å². The number of hydrogen-bond donors (Lipinski definition) is 1. The van der Waals surface area contributed by atoms with Crippen LogP contribution in [0.1, 0.15) is 20.7 Å². The van der Waals surface area contributed by atoms with Gasteiger partial charge in [-0.2, -0.15) is 0 Å². The zero-order valence-corrected chi connectivity index (χ0v) is 11.2. The molecular formula is C15H11ClO4. The molecule has 0 aromatic heterocycles. The number of esters is 1. The molecule has 102 valence electrons. The van der Waals surface area contributed by atoms with Gasteiger partial charge in [-0.1, -0.05) is 36.4 Å². The molecule has 20 heavy (non-hydrogen) atoms. The van der Waals surface area contributed by atoms with Crippen LogP contribution in [0.25, 0.3) is 10.8 Å². The Hall–Kier alpha value is -2.33. The van der Waals surface area contributed by atoms with Gasteiger partial charge >= 0.3 is 11.9 Å². The molecular weight excluding hydrogens is 280 g/mol. The zero-order chi connectivity index (χ0) is 14.7. The summed E-state index contributed by atoms with van der Waals surface area (Å²) in [5, 5.41) is 10.4. The minimum Gasteiger partial charge on any atom is -0.478 e. The highest BCUT2D eigenvalue weighted by molar-refractivity contribution is 6.38. The maximum atomic E-state index is 11.7. The van der Waals surface area contributed by atoms with Crippen molar-refractivity contribution in [3.8, 4) is 0 Å². The molecule has 2 aromatic carbocycles. The third-order valence-corrected chi connectivity index (χ3v) is 3.16. The Balaban J connectivity index is 2.46. The van der Waals surface area contributed by atoms with Crippen LogP contribution in [0.4, 0.5) is 0 Å². The SMILES string of the molecule is C=CCOC(=O)c1ccc2c(Cl)c(C(=O)O)ccc2c1. The lowest BCUT2D eigenvalue weighted by atomic mass is 10.0. The van der Waals surface area contributed by atoms with E-state index in [0.29, 0.717) is 16.3 Å². The first-order chi connectivity index (χ1) is 9.54. The molecule has 0 aliphatic rings. The van der Waals surface area contributed by atoms with Crippen molar-refractivity contribution in [3.63, 3.8) is 0 Å². The summed E-state index contributed by atoms with van der Waals surface area (Å²) >= 11 is 6.04. The number of carbonyl (C=O) groups excluding carboxylic acids is 1. The Bertz CT molecular complexity index is 706. The predicted octanol–water partition coefficient (Wildman–Crippen LogP) is 3.53. The molecule has 2 aromatic rings. The van der Waals surface area contributed by atoms with E-state index in [9.17, 15) is 9.59 Å². The van der Waals surface area contributed by atoms with Crippen LogP contribution in [0.5, 0.6) is 0 Å². The quantitative estimate of drug-likeness (QED) is 0.691. The van der Waals surface area contributed by atoms with E-state index in [-0.39, 0.29) is 17.2 Å². The van der Waals surface area contributed by atoms with Crippen LogP contribution < -0.4 is 0 Å². The van der Waals surface area contributed by atoms with Gasteiger partial charge in [0.1, 0.15) is 6.61 Å². The van der Waals surface area contributed by atoms with Crippen LogP contribution in [0.2, 0.25) is 5.02 Å². The molecule has 0 unspecified atom stereocenters. The highest BCUT2D eigenvalue weighted by atomic mass is 35.5. The summed E-state index contributed by atoms with van der Waals surface area (Å²) in [7, 11) is 0. The summed E-state index contributed by atoms with van der Waals surface area (Å²) in [5.41, 5.74) is 0.402. The lowest BCUT2D eigenvalue weighted by Crippen LogP contribution is -2.05. The van der Waals surface area contributed by atoms with Crippen molar-refractivity contribution < 1.29 is 19.4 Å². The van der Waals surface area contributed by atoms with Gasteiger partial charge in [0, 0.05) is 5.39 Å². The smallest absolute Gasteiger partial charge is 0.338 e. The van der Waals surface area contributed by atoms with Crippen molar-refractivity contribution in [1.82, 2.24) is 0 Å². The van der Waals surface area contributed by atoms with E-state index in [4.69, 9.17) is 21.4 Å². The van der Waals surface area contributed by atoms with E-state index in [2.05, 4.69) is 6.58 Å². The van der Waals surface area contributed by atoms with Gasteiger partial charge < -0.3 is 9.84 Å². The van der Waals surface area contributed by atoms with E-state index in [1.54, 1.807) is 24.3 Å².